The van der Waals surface area contributed by atoms with Crippen LogP contribution < -0.4 is 9.47 Å². The lowest BCUT2D eigenvalue weighted by Crippen LogP contribution is -2.43. The Hall–Kier alpha value is -0.740. The summed E-state index contributed by atoms with van der Waals surface area (Å²) in [6.07, 6.45) is -0.635. The van der Waals surface area contributed by atoms with E-state index in [9.17, 15) is 5.11 Å². The summed E-state index contributed by atoms with van der Waals surface area (Å²) in [7, 11) is 0. The fraction of sp³-hybridized carbons (Fsp3) is 0.455. The number of aliphatic hydroxyl groups excluding tert-OH is 1. The van der Waals surface area contributed by atoms with Crippen molar-refractivity contribution < 1.29 is 14.6 Å². The molecule has 0 aromatic heterocycles. The van der Waals surface area contributed by atoms with Gasteiger partial charge in [-0.15, -0.1) is 0 Å². The van der Waals surface area contributed by atoms with Crippen LogP contribution in [0.2, 0.25) is 0 Å². The van der Waals surface area contributed by atoms with Crippen molar-refractivity contribution >= 4 is 15.9 Å². The van der Waals surface area contributed by atoms with E-state index in [0.29, 0.717) is 11.5 Å². The van der Waals surface area contributed by atoms with Gasteiger partial charge in [-0.2, -0.15) is 0 Å². The van der Waals surface area contributed by atoms with Crippen LogP contribution in [0.15, 0.2) is 22.7 Å². The lowest BCUT2D eigenvalue weighted by Gasteiger charge is -2.27. The van der Waals surface area contributed by atoms with Gasteiger partial charge in [-0.25, -0.2) is 0 Å². The summed E-state index contributed by atoms with van der Waals surface area (Å²) in [6, 6.07) is 5.55. The Kier molecular flexibility index (Phi) is 2.64. The van der Waals surface area contributed by atoms with Gasteiger partial charge < -0.3 is 14.6 Å². The van der Waals surface area contributed by atoms with Crippen LogP contribution in [-0.4, -0.2) is 23.4 Å². The van der Waals surface area contributed by atoms with Crippen LogP contribution in [0.3, 0.4) is 0 Å². The number of hydrogen-bond acceptors (Lipinski definition) is 3. The predicted molar refractivity (Wildman–Crippen MR) is 60.4 cm³/mol. The Labute approximate surface area is 97.1 Å². The van der Waals surface area contributed by atoms with Crippen molar-refractivity contribution in [1.82, 2.24) is 0 Å². The van der Waals surface area contributed by atoms with Crippen LogP contribution in [0.25, 0.3) is 0 Å². The molecule has 0 spiro atoms. The van der Waals surface area contributed by atoms with Gasteiger partial charge in [-0.1, -0.05) is 15.9 Å². The van der Waals surface area contributed by atoms with Gasteiger partial charge in [0.15, 0.2) is 11.5 Å². The molecule has 1 aliphatic rings. The van der Waals surface area contributed by atoms with E-state index in [2.05, 4.69) is 15.9 Å². The van der Waals surface area contributed by atoms with Crippen LogP contribution >= 0.6 is 15.9 Å². The molecule has 1 heterocycles. The van der Waals surface area contributed by atoms with Crippen molar-refractivity contribution in [2.45, 2.75) is 25.6 Å². The molecule has 0 bridgehead atoms. The third-order valence-electron chi connectivity index (χ3n) is 2.48. The van der Waals surface area contributed by atoms with Crippen molar-refractivity contribution in [3.05, 3.63) is 22.7 Å². The minimum absolute atomic E-state index is 0.252. The highest BCUT2D eigenvalue weighted by Gasteiger charge is 2.34. The van der Waals surface area contributed by atoms with E-state index in [1.807, 2.05) is 32.0 Å². The average molecular weight is 273 g/mol. The zero-order valence-electron chi connectivity index (χ0n) is 8.66. The van der Waals surface area contributed by atoms with Crippen molar-refractivity contribution in [2.24, 2.45) is 0 Å². The Morgan fingerprint density at radius 2 is 2.13 bits per heavy atom. The number of hydrogen-bond donors (Lipinski definition) is 1. The molecule has 15 heavy (non-hydrogen) atoms. The molecular weight excluding hydrogens is 260 g/mol. The van der Waals surface area contributed by atoms with Crippen LogP contribution in [-0.2, 0) is 0 Å². The highest BCUT2D eigenvalue weighted by atomic mass is 79.9. The number of ether oxygens (including phenoxy) is 2. The minimum Gasteiger partial charge on any atom is -0.487 e. The van der Waals surface area contributed by atoms with Gasteiger partial charge in [0.2, 0.25) is 0 Å². The first-order chi connectivity index (χ1) is 6.99. The Morgan fingerprint density at radius 3 is 2.87 bits per heavy atom. The predicted octanol–water partition coefficient (Wildman–Crippen LogP) is 2.36. The van der Waals surface area contributed by atoms with E-state index in [1.54, 1.807) is 0 Å². The fourth-order valence-corrected chi connectivity index (χ4v) is 1.74. The molecule has 0 fully saturated rings. The second-order valence-corrected chi connectivity index (χ2v) is 5.04. The molecule has 0 saturated carbocycles. The monoisotopic (exact) mass is 272 g/mol. The molecular formula is C11H13BrO3. The lowest BCUT2D eigenvalue weighted by molar-refractivity contribution is -0.0351. The highest BCUT2D eigenvalue weighted by molar-refractivity contribution is 9.10. The maximum atomic E-state index is 9.80. The van der Waals surface area contributed by atoms with E-state index >= 15 is 0 Å². The summed E-state index contributed by atoms with van der Waals surface area (Å²) < 4.78 is 12.1. The third-order valence-corrected chi connectivity index (χ3v) is 2.97. The minimum atomic E-state index is -0.635. The number of benzene rings is 1. The molecule has 0 aliphatic carbocycles. The molecule has 1 aromatic rings. The van der Waals surface area contributed by atoms with Crippen molar-refractivity contribution in [2.75, 3.05) is 6.61 Å². The van der Waals surface area contributed by atoms with Crippen LogP contribution in [0.1, 0.15) is 13.8 Å². The van der Waals surface area contributed by atoms with Gasteiger partial charge in [0.1, 0.15) is 18.3 Å². The molecule has 4 heteroatoms. The average Bonchev–Trinajstić information content (AvgIpc) is 2.24. The topological polar surface area (TPSA) is 38.7 Å². The van der Waals surface area contributed by atoms with Gasteiger partial charge in [-0.05, 0) is 32.0 Å². The quantitative estimate of drug-likeness (QED) is 0.788. The van der Waals surface area contributed by atoms with E-state index in [4.69, 9.17) is 9.47 Å². The highest BCUT2D eigenvalue weighted by Crippen LogP contribution is 2.36. The van der Waals surface area contributed by atoms with Gasteiger partial charge in [-0.3, -0.25) is 0 Å². The summed E-state index contributed by atoms with van der Waals surface area (Å²) in [5.41, 5.74) is -0.633. The molecule has 0 unspecified atom stereocenters. The van der Waals surface area contributed by atoms with Gasteiger partial charge >= 0.3 is 0 Å². The molecule has 0 saturated heterocycles. The largest absolute Gasteiger partial charge is 0.487 e. The number of rotatable bonds is 0. The molecule has 0 radical (unpaired) electrons. The lowest BCUT2D eigenvalue weighted by atomic mass is 10.0. The summed E-state index contributed by atoms with van der Waals surface area (Å²) in [4.78, 5) is 0. The molecule has 1 N–H and O–H groups in total. The molecule has 0 amide bonds. The van der Waals surface area contributed by atoms with Gasteiger partial charge in [0.25, 0.3) is 0 Å². The van der Waals surface area contributed by atoms with Crippen LogP contribution in [0, 0.1) is 0 Å². The number of aliphatic hydroxyl groups is 1. The number of halogens is 1. The first-order valence-electron chi connectivity index (χ1n) is 4.78. The van der Waals surface area contributed by atoms with E-state index in [0.717, 1.165) is 4.47 Å². The maximum Gasteiger partial charge on any atom is 0.163 e. The van der Waals surface area contributed by atoms with Crippen LogP contribution in [0.4, 0.5) is 0 Å². The van der Waals surface area contributed by atoms with Gasteiger partial charge in [0, 0.05) is 4.47 Å². The first-order valence-corrected chi connectivity index (χ1v) is 5.58. The SMILES string of the molecule is CC1(C)Oc2cc(Br)ccc2OC[C@@H]1O. The van der Waals surface area contributed by atoms with Crippen molar-refractivity contribution in [3.63, 3.8) is 0 Å². The molecule has 3 nitrogen and oxygen atoms in total. The zero-order chi connectivity index (χ0) is 11.1. The molecule has 2 rings (SSSR count). The summed E-state index contributed by atoms with van der Waals surface area (Å²) >= 11 is 3.37. The first kappa shape index (κ1) is 10.8. The molecule has 1 aromatic carbocycles. The Bertz CT molecular complexity index is 376. The maximum absolute atomic E-state index is 9.80. The fourth-order valence-electron chi connectivity index (χ4n) is 1.40. The molecule has 1 atom stereocenters. The van der Waals surface area contributed by atoms with E-state index in [1.165, 1.54) is 0 Å². The standard InChI is InChI=1S/C11H13BrO3/c1-11(2)10(13)6-14-8-4-3-7(12)5-9(8)15-11/h3-5,10,13H,6H2,1-2H3/t10-/m0/s1. The van der Waals surface area contributed by atoms with E-state index < -0.39 is 11.7 Å². The van der Waals surface area contributed by atoms with Crippen LogP contribution in [0.5, 0.6) is 11.5 Å². The smallest absolute Gasteiger partial charge is 0.163 e. The Balaban J connectivity index is 2.40. The van der Waals surface area contributed by atoms with Crippen molar-refractivity contribution in [3.8, 4) is 11.5 Å². The second kappa shape index (κ2) is 3.68. The van der Waals surface area contributed by atoms with Crippen molar-refractivity contribution in [1.29, 1.82) is 0 Å². The molecule has 82 valence electrons. The molecule has 1 aliphatic heterocycles. The Morgan fingerprint density at radius 1 is 1.40 bits per heavy atom. The summed E-state index contributed by atoms with van der Waals surface area (Å²) in [5, 5.41) is 9.80. The summed E-state index contributed by atoms with van der Waals surface area (Å²) in [5.74, 6) is 1.33. The normalized spacial score (nSPS) is 23.3. The van der Waals surface area contributed by atoms with E-state index in [-0.39, 0.29) is 6.61 Å². The number of fused-ring (bicyclic) bond motifs is 1. The van der Waals surface area contributed by atoms with Gasteiger partial charge in [0.05, 0.1) is 0 Å². The second-order valence-electron chi connectivity index (χ2n) is 4.12. The zero-order valence-corrected chi connectivity index (χ0v) is 10.2. The third kappa shape index (κ3) is 2.11. The summed E-state index contributed by atoms with van der Waals surface area (Å²) in [6.45, 7) is 3.94.